The Kier molecular flexibility index (Phi) is 8.95. The Hall–Kier alpha value is -1.34. The molecule has 0 aromatic heterocycles. The first-order chi connectivity index (χ1) is 8.49. The van der Waals surface area contributed by atoms with Crippen molar-refractivity contribution in [2.24, 2.45) is 0 Å². The fraction of sp³-hybridized carbons (Fsp3) is 0.818. The van der Waals surface area contributed by atoms with Crippen molar-refractivity contribution >= 4 is 12.0 Å². The summed E-state index contributed by atoms with van der Waals surface area (Å²) in [5.41, 5.74) is 0. The Morgan fingerprint density at radius 3 is 2.50 bits per heavy atom. The second-order valence-corrected chi connectivity index (χ2v) is 3.92. The van der Waals surface area contributed by atoms with Crippen LogP contribution in [0.15, 0.2) is 0 Å². The molecule has 0 aliphatic carbocycles. The van der Waals surface area contributed by atoms with Crippen LogP contribution < -0.4 is 10.6 Å². The van der Waals surface area contributed by atoms with Crippen LogP contribution in [0.1, 0.15) is 26.7 Å². The Balaban J connectivity index is 3.72. The lowest BCUT2D eigenvalue weighted by Gasteiger charge is -2.17. The van der Waals surface area contributed by atoms with Crippen molar-refractivity contribution < 1.29 is 24.5 Å². The molecule has 2 amide bonds. The number of hydrogen-bond acceptors (Lipinski definition) is 4. The molecule has 0 fully saturated rings. The molecule has 0 aliphatic heterocycles. The lowest BCUT2D eigenvalue weighted by molar-refractivity contribution is -0.141. The first kappa shape index (κ1) is 16.7. The number of amides is 2. The molecule has 0 rings (SSSR count). The summed E-state index contributed by atoms with van der Waals surface area (Å²) in [5.74, 6) is -1.27. The summed E-state index contributed by atoms with van der Waals surface area (Å²) in [6.45, 7) is 4.94. The van der Waals surface area contributed by atoms with Crippen molar-refractivity contribution in [3.63, 3.8) is 0 Å². The molecule has 0 bridgehead atoms. The number of carbonyl (C=O) groups is 2. The fourth-order valence-electron chi connectivity index (χ4n) is 1.20. The summed E-state index contributed by atoms with van der Waals surface area (Å²) in [6, 6.07) is -1.92. The van der Waals surface area contributed by atoms with E-state index in [0.29, 0.717) is 26.2 Å². The molecule has 2 atom stereocenters. The molecule has 18 heavy (non-hydrogen) atoms. The van der Waals surface area contributed by atoms with Crippen LogP contribution in [0.2, 0.25) is 0 Å². The highest BCUT2D eigenvalue weighted by Crippen LogP contribution is 1.92. The monoisotopic (exact) mass is 262 g/mol. The van der Waals surface area contributed by atoms with Gasteiger partial charge in [0.15, 0.2) is 6.04 Å². The predicted molar refractivity (Wildman–Crippen MR) is 65.4 cm³/mol. The van der Waals surface area contributed by atoms with Gasteiger partial charge in [-0.25, -0.2) is 9.59 Å². The maximum absolute atomic E-state index is 11.3. The molecule has 7 nitrogen and oxygen atoms in total. The number of urea groups is 1. The van der Waals surface area contributed by atoms with Gasteiger partial charge in [-0.1, -0.05) is 6.92 Å². The Labute approximate surface area is 107 Å². The number of carboxylic acids is 1. The van der Waals surface area contributed by atoms with E-state index in [2.05, 4.69) is 10.6 Å². The van der Waals surface area contributed by atoms with Crippen LogP contribution in [0.25, 0.3) is 0 Å². The second-order valence-electron chi connectivity index (χ2n) is 3.92. The van der Waals surface area contributed by atoms with E-state index in [1.807, 2.05) is 6.92 Å². The molecule has 0 saturated carbocycles. The number of ether oxygens (including phenoxy) is 1. The second kappa shape index (κ2) is 9.67. The molecule has 0 aliphatic rings. The zero-order chi connectivity index (χ0) is 14.0. The topological polar surface area (TPSA) is 108 Å². The number of carbonyl (C=O) groups excluding carboxylic acids is 1. The van der Waals surface area contributed by atoms with Crippen molar-refractivity contribution in [3.05, 3.63) is 0 Å². The highest BCUT2D eigenvalue weighted by Gasteiger charge is 2.24. The summed E-state index contributed by atoms with van der Waals surface area (Å²) < 4.78 is 5.22. The molecular formula is C11H22N2O5. The molecule has 0 aromatic rings. The van der Waals surface area contributed by atoms with E-state index in [1.165, 1.54) is 6.92 Å². The molecule has 2 unspecified atom stereocenters. The van der Waals surface area contributed by atoms with Gasteiger partial charge in [-0.05, 0) is 19.8 Å². The standard InChI is InChI=1S/C11H22N2O5/c1-3-6-18-7-4-5-12-11(17)13-9(8(2)14)10(15)16/h8-9,14H,3-7H2,1-2H3,(H,15,16)(H2,12,13,17). The summed E-state index contributed by atoms with van der Waals surface area (Å²) >= 11 is 0. The number of rotatable bonds is 9. The average Bonchev–Trinajstić information content (AvgIpc) is 2.29. The first-order valence-electron chi connectivity index (χ1n) is 6.02. The van der Waals surface area contributed by atoms with Crippen LogP contribution in [0, 0.1) is 0 Å². The van der Waals surface area contributed by atoms with Gasteiger partial charge in [-0.15, -0.1) is 0 Å². The van der Waals surface area contributed by atoms with Crippen LogP contribution in [0.4, 0.5) is 4.79 Å². The molecule has 0 radical (unpaired) electrons. The van der Waals surface area contributed by atoms with Gasteiger partial charge in [0.1, 0.15) is 0 Å². The van der Waals surface area contributed by atoms with Gasteiger partial charge in [0.25, 0.3) is 0 Å². The molecule has 0 heterocycles. The number of aliphatic hydroxyl groups excluding tert-OH is 1. The molecule has 0 saturated heterocycles. The van der Waals surface area contributed by atoms with Crippen molar-refractivity contribution in [1.29, 1.82) is 0 Å². The zero-order valence-electron chi connectivity index (χ0n) is 10.8. The Bertz CT molecular complexity index is 258. The van der Waals surface area contributed by atoms with Gasteiger partial charge in [0.05, 0.1) is 6.10 Å². The summed E-state index contributed by atoms with van der Waals surface area (Å²) in [7, 11) is 0. The molecule has 4 N–H and O–H groups in total. The number of aliphatic hydroxyl groups is 1. The lowest BCUT2D eigenvalue weighted by atomic mass is 10.2. The van der Waals surface area contributed by atoms with Gasteiger partial charge in [-0.3, -0.25) is 0 Å². The Morgan fingerprint density at radius 2 is 2.00 bits per heavy atom. The van der Waals surface area contributed by atoms with Crippen molar-refractivity contribution in [3.8, 4) is 0 Å². The minimum Gasteiger partial charge on any atom is -0.480 e. The largest absolute Gasteiger partial charge is 0.480 e. The molecule has 0 aromatic carbocycles. The van der Waals surface area contributed by atoms with Crippen LogP contribution in [0.3, 0.4) is 0 Å². The molecule has 106 valence electrons. The van der Waals surface area contributed by atoms with E-state index in [-0.39, 0.29) is 0 Å². The normalized spacial score (nSPS) is 13.7. The van der Waals surface area contributed by atoms with Gasteiger partial charge in [0, 0.05) is 19.8 Å². The molecule has 0 spiro atoms. The van der Waals surface area contributed by atoms with Crippen molar-refractivity contribution in [1.82, 2.24) is 10.6 Å². The highest BCUT2D eigenvalue weighted by molar-refractivity contribution is 5.82. The minimum atomic E-state index is -1.30. The van der Waals surface area contributed by atoms with E-state index < -0.39 is 24.1 Å². The summed E-state index contributed by atoms with van der Waals surface area (Å²) in [5, 5.41) is 22.6. The quantitative estimate of drug-likeness (QED) is 0.435. The van der Waals surface area contributed by atoms with Crippen molar-refractivity contribution in [2.45, 2.75) is 38.8 Å². The van der Waals surface area contributed by atoms with E-state index in [1.54, 1.807) is 0 Å². The Morgan fingerprint density at radius 1 is 1.33 bits per heavy atom. The fourth-order valence-corrected chi connectivity index (χ4v) is 1.20. The third kappa shape index (κ3) is 7.86. The SMILES string of the molecule is CCCOCCCNC(=O)NC(C(=O)O)C(C)O. The van der Waals surface area contributed by atoms with Crippen LogP contribution in [-0.2, 0) is 9.53 Å². The minimum absolute atomic E-state index is 0.391. The molecular weight excluding hydrogens is 240 g/mol. The number of hydrogen-bond donors (Lipinski definition) is 4. The van der Waals surface area contributed by atoms with Gasteiger partial charge < -0.3 is 25.6 Å². The summed E-state index contributed by atoms with van der Waals surface area (Å²) in [6.07, 6.45) is 0.448. The number of nitrogens with one attached hydrogen (secondary N) is 2. The number of aliphatic carboxylic acids is 1. The van der Waals surface area contributed by atoms with Crippen LogP contribution in [-0.4, -0.2) is 54.1 Å². The van der Waals surface area contributed by atoms with Gasteiger partial charge >= 0.3 is 12.0 Å². The third-order valence-corrected chi connectivity index (χ3v) is 2.13. The van der Waals surface area contributed by atoms with Crippen LogP contribution in [0.5, 0.6) is 0 Å². The summed E-state index contributed by atoms with van der Waals surface area (Å²) in [4.78, 5) is 22.0. The third-order valence-electron chi connectivity index (χ3n) is 2.13. The van der Waals surface area contributed by atoms with E-state index >= 15 is 0 Å². The first-order valence-corrected chi connectivity index (χ1v) is 6.02. The zero-order valence-corrected chi connectivity index (χ0v) is 10.8. The maximum atomic E-state index is 11.3. The van der Waals surface area contributed by atoms with Gasteiger partial charge in [0.2, 0.25) is 0 Å². The number of carboxylic acid groups (broad SMARTS) is 1. The van der Waals surface area contributed by atoms with Crippen molar-refractivity contribution in [2.75, 3.05) is 19.8 Å². The maximum Gasteiger partial charge on any atom is 0.328 e. The average molecular weight is 262 g/mol. The van der Waals surface area contributed by atoms with E-state index in [4.69, 9.17) is 14.9 Å². The van der Waals surface area contributed by atoms with Gasteiger partial charge in [-0.2, -0.15) is 0 Å². The highest BCUT2D eigenvalue weighted by atomic mass is 16.5. The molecule has 7 heteroatoms. The predicted octanol–water partition coefficient (Wildman–Crippen LogP) is -0.0637. The van der Waals surface area contributed by atoms with Crippen LogP contribution >= 0.6 is 0 Å². The lowest BCUT2D eigenvalue weighted by Crippen LogP contribution is -2.51. The smallest absolute Gasteiger partial charge is 0.328 e. The van der Waals surface area contributed by atoms with E-state index in [9.17, 15) is 9.59 Å². The van der Waals surface area contributed by atoms with E-state index in [0.717, 1.165) is 6.42 Å².